The molecule has 0 unspecified atom stereocenters. The number of hydrogen-bond donors (Lipinski definition) is 3. The van der Waals surface area contributed by atoms with Crippen molar-refractivity contribution in [2.75, 3.05) is 5.75 Å². The Morgan fingerprint density at radius 1 is 1.36 bits per heavy atom. The molecule has 64 valence electrons. The van der Waals surface area contributed by atoms with E-state index in [-0.39, 0.29) is 12.2 Å². The van der Waals surface area contributed by atoms with Gasteiger partial charge in [0.1, 0.15) is 0 Å². The SMILES string of the molecule is CCC(CS)(C(=O)O)C(=O)O. The third-order valence-corrected chi connectivity index (χ3v) is 2.23. The summed E-state index contributed by atoms with van der Waals surface area (Å²) in [4.78, 5) is 21.0. The van der Waals surface area contributed by atoms with Crippen LogP contribution in [-0.2, 0) is 9.59 Å². The van der Waals surface area contributed by atoms with Crippen molar-refractivity contribution in [1.82, 2.24) is 0 Å². The first kappa shape index (κ1) is 10.3. The third kappa shape index (κ3) is 1.65. The van der Waals surface area contributed by atoms with Crippen molar-refractivity contribution in [3.05, 3.63) is 0 Å². The van der Waals surface area contributed by atoms with Gasteiger partial charge >= 0.3 is 11.9 Å². The Kier molecular flexibility index (Phi) is 3.38. The summed E-state index contributed by atoms with van der Waals surface area (Å²) in [7, 11) is 0. The zero-order valence-electron chi connectivity index (χ0n) is 6.07. The molecule has 0 bridgehead atoms. The molecular formula is C6H10O4S. The standard InChI is InChI=1S/C6H10O4S/c1-2-6(3-11,4(7)8)5(9)10/h11H,2-3H2,1H3,(H,7,8)(H,9,10). The van der Waals surface area contributed by atoms with Crippen LogP contribution in [0.25, 0.3) is 0 Å². The molecule has 0 fully saturated rings. The maximum absolute atomic E-state index is 10.5. The highest BCUT2D eigenvalue weighted by molar-refractivity contribution is 7.80. The lowest BCUT2D eigenvalue weighted by Gasteiger charge is -2.19. The Balaban J connectivity index is 4.76. The van der Waals surface area contributed by atoms with Gasteiger partial charge in [-0.1, -0.05) is 6.92 Å². The number of carboxylic acids is 2. The van der Waals surface area contributed by atoms with Gasteiger partial charge in [0.05, 0.1) is 0 Å². The first-order valence-corrected chi connectivity index (χ1v) is 3.72. The third-order valence-electron chi connectivity index (χ3n) is 1.69. The number of carboxylic acid groups (broad SMARTS) is 2. The Morgan fingerprint density at radius 3 is 1.73 bits per heavy atom. The van der Waals surface area contributed by atoms with Crippen LogP contribution in [0.3, 0.4) is 0 Å². The maximum atomic E-state index is 10.5. The van der Waals surface area contributed by atoms with Crippen LogP contribution in [0.5, 0.6) is 0 Å². The second kappa shape index (κ2) is 3.61. The molecule has 0 spiro atoms. The topological polar surface area (TPSA) is 74.6 Å². The van der Waals surface area contributed by atoms with Gasteiger partial charge in [-0.05, 0) is 6.42 Å². The number of rotatable bonds is 4. The Labute approximate surface area is 69.6 Å². The second-order valence-corrected chi connectivity index (χ2v) is 2.52. The minimum Gasteiger partial charge on any atom is -0.480 e. The van der Waals surface area contributed by atoms with Crippen LogP contribution in [-0.4, -0.2) is 27.9 Å². The minimum absolute atomic E-state index is 0.0428. The summed E-state index contributed by atoms with van der Waals surface area (Å²) in [6.07, 6.45) is 0.0428. The van der Waals surface area contributed by atoms with Gasteiger partial charge in [-0.3, -0.25) is 9.59 Å². The molecule has 0 saturated carbocycles. The highest BCUT2D eigenvalue weighted by atomic mass is 32.1. The summed E-state index contributed by atoms with van der Waals surface area (Å²) in [5, 5.41) is 17.1. The number of aliphatic carboxylic acids is 2. The first-order chi connectivity index (χ1) is 5.01. The van der Waals surface area contributed by atoms with Crippen molar-refractivity contribution >= 4 is 24.6 Å². The maximum Gasteiger partial charge on any atom is 0.321 e. The summed E-state index contributed by atoms with van der Waals surface area (Å²) in [5.41, 5.74) is -1.72. The van der Waals surface area contributed by atoms with Gasteiger partial charge in [-0.15, -0.1) is 0 Å². The van der Waals surface area contributed by atoms with E-state index in [1.807, 2.05) is 0 Å². The molecule has 0 aromatic rings. The van der Waals surface area contributed by atoms with Crippen LogP contribution in [0.2, 0.25) is 0 Å². The predicted molar refractivity (Wildman–Crippen MR) is 41.8 cm³/mol. The zero-order valence-corrected chi connectivity index (χ0v) is 6.97. The summed E-state index contributed by atoms with van der Waals surface area (Å²) in [6.45, 7) is 1.51. The fraction of sp³-hybridized carbons (Fsp3) is 0.667. The molecule has 0 rings (SSSR count). The van der Waals surface area contributed by atoms with Gasteiger partial charge in [0.25, 0.3) is 0 Å². The van der Waals surface area contributed by atoms with Crippen LogP contribution < -0.4 is 0 Å². The van der Waals surface area contributed by atoms with Crippen LogP contribution in [0.15, 0.2) is 0 Å². The molecule has 2 N–H and O–H groups in total. The van der Waals surface area contributed by atoms with Crippen molar-refractivity contribution in [2.24, 2.45) is 5.41 Å². The lowest BCUT2D eigenvalue weighted by Crippen LogP contribution is -2.40. The van der Waals surface area contributed by atoms with Crippen molar-refractivity contribution in [2.45, 2.75) is 13.3 Å². The van der Waals surface area contributed by atoms with Crippen molar-refractivity contribution in [1.29, 1.82) is 0 Å². The fourth-order valence-corrected chi connectivity index (χ4v) is 1.14. The normalized spacial score (nSPS) is 11.1. The Hall–Kier alpha value is -0.710. The van der Waals surface area contributed by atoms with Gasteiger partial charge in [0.15, 0.2) is 5.41 Å². The van der Waals surface area contributed by atoms with Crippen molar-refractivity contribution in [3.63, 3.8) is 0 Å². The monoisotopic (exact) mass is 178 g/mol. The number of carbonyl (C=O) groups is 2. The van der Waals surface area contributed by atoms with Gasteiger partial charge in [0, 0.05) is 5.75 Å². The summed E-state index contributed by atoms with van der Waals surface area (Å²) >= 11 is 3.70. The first-order valence-electron chi connectivity index (χ1n) is 3.09. The Bertz CT molecular complexity index is 157. The zero-order chi connectivity index (χ0) is 9.07. The smallest absolute Gasteiger partial charge is 0.321 e. The van der Waals surface area contributed by atoms with E-state index in [1.165, 1.54) is 6.92 Å². The van der Waals surface area contributed by atoms with E-state index in [0.717, 1.165) is 0 Å². The predicted octanol–water partition coefficient (Wildman–Crippen LogP) is 0.482. The highest BCUT2D eigenvalue weighted by Gasteiger charge is 2.43. The van der Waals surface area contributed by atoms with E-state index in [1.54, 1.807) is 0 Å². The average molecular weight is 178 g/mol. The van der Waals surface area contributed by atoms with Crippen LogP contribution >= 0.6 is 12.6 Å². The molecule has 0 saturated heterocycles. The lowest BCUT2D eigenvalue weighted by atomic mass is 9.88. The van der Waals surface area contributed by atoms with E-state index >= 15 is 0 Å². The highest BCUT2D eigenvalue weighted by Crippen LogP contribution is 2.23. The molecule has 0 amide bonds. The van der Waals surface area contributed by atoms with Gasteiger partial charge in [-0.25, -0.2) is 0 Å². The van der Waals surface area contributed by atoms with Crippen molar-refractivity contribution < 1.29 is 19.8 Å². The quantitative estimate of drug-likeness (QED) is 0.432. The van der Waals surface area contributed by atoms with Gasteiger partial charge in [0.2, 0.25) is 0 Å². The summed E-state index contributed by atoms with van der Waals surface area (Å²) in [6, 6.07) is 0. The largest absolute Gasteiger partial charge is 0.480 e. The molecule has 0 aliphatic carbocycles. The molecule has 0 heterocycles. The lowest BCUT2D eigenvalue weighted by molar-refractivity contribution is -0.162. The molecular weight excluding hydrogens is 168 g/mol. The van der Waals surface area contributed by atoms with E-state index in [9.17, 15) is 9.59 Å². The molecule has 0 aromatic carbocycles. The van der Waals surface area contributed by atoms with Gasteiger partial charge in [-0.2, -0.15) is 12.6 Å². The van der Waals surface area contributed by atoms with Crippen LogP contribution in [0, 0.1) is 5.41 Å². The minimum atomic E-state index is -1.72. The Morgan fingerprint density at radius 2 is 1.73 bits per heavy atom. The number of hydrogen-bond acceptors (Lipinski definition) is 3. The molecule has 4 nitrogen and oxygen atoms in total. The summed E-state index contributed by atoms with van der Waals surface area (Å²) in [5.74, 6) is -2.85. The van der Waals surface area contributed by atoms with E-state index < -0.39 is 17.4 Å². The van der Waals surface area contributed by atoms with Gasteiger partial charge < -0.3 is 10.2 Å². The molecule has 0 aromatic heterocycles. The molecule has 0 atom stereocenters. The number of thiol groups is 1. The van der Waals surface area contributed by atoms with E-state index in [0.29, 0.717) is 0 Å². The average Bonchev–Trinajstić information content (AvgIpc) is 1.90. The molecule has 0 radical (unpaired) electrons. The van der Waals surface area contributed by atoms with Crippen LogP contribution in [0.1, 0.15) is 13.3 Å². The molecule has 0 aliphatic rings. The fourth-order valence-electron chi connectivity index (χ4n) is 0.641. The molecule has 5 heteroatoms. The van der Waals surface area contributed by atoms with Crippen molar-refractivity contribution in [3.8, 4) is 0 Å². The van der Waals surface area contributed by atoms with E-state index in [4.69, 9.17) is 10.2 Å². The van der Waals surface area contributed by atoms with E-state index in [2.05, 4.69) is 12.6 Å². The van der Waals surface area contributed by atoms with Crippen LogP contribution in [0.4, 0.5) is 0 Å². The second-order valence-electron chi connectivity index (χ2n) is 2.20. The molecule has 0 aliphatic heterocycles. The molecule has 11 heavy (non-hydrogen) atoms. The summed E-state index contributed by atoms with van der Waals surface area (Å²) < 4.78 is 0.